The van der Waals surface area contributed by atoms with E-state index in [-0.39, 0.29) is 12.0 Å². The molecule has 0 unspecified atom stereocenters. The number of ether oxygens (including phenoxy) is 2. The predicted octanol–water partition coefficient (Wildman–Crippen LogP) is 3.18. The quantitative estimate of drug-likeness (QED) is 0.763. The Morgan fingerprint density at radius 2 is 2.19 bits per heavy atom. The van der Waals surface area contributed by atoms with Crippen LogP contribution in [0, 0.1) is 0 Å². The summed E-state index contributed by atoms with van der Waals surface area (Å²) in [4.78, 5) is 23.5. The van der Waals surface area contributed by atoms with E-state index >= 15 is 0 Å². The standard InChI is InChI=1S/C20H25N3O3/c1-3-11-23(14-17-8-5-12-26-17)20(24)16-7-4-6-15(13-16)18-19(25-2)22-10-9-21-18/h4,6-7,9-10,13,17H,3,5,8,11-12,14H2,1-2H3/t17-/m0/s1. The molecule has 1 aromatic carbocycles. The van der Waals surface area contributed by atoms with Gasteiger partial charge in [-0.1, -0.05) is 19.1 Å². The molecule has 3 rings (SSSR count). The molecule has 1 atom stereocenters. The fraction of sp³-hybridized carbons (Fsp3) is 0.450. The highest BCUT2D eigenvalue weighted by Gasteiger charge is 2.23. The van der Waals surface area contributed by atoms with Crippen molar-refractivity contribution < 1.29 is 14.3 Å². The van der Waals surface area contributed by atoms with Gasteiger partial charge in [-0.05, 0) is 31.4 Å². The Labute approximate surface area is 154 Å². The summed E-state index contributed by atoms with van der Waals surface area (Å²) in [5.74, 6) is 0.467. The number of carbonyl (C=O) groups is 1. The van der Waals surface area contributed by atoms with E-state index in [1.807, 2.05) is 29.2 Å². The van der Waals surface area contributed by atoms with Crippen LogP contribution in [0.1, 0.15) is 36.5 Å². The fourth-order valence-corrected chi connectivity index (χ4v) is 3.23. The minimum Gasteiger partial charge on any atom is -0.479 e. The molecule has 0 radical (unpaired) electrons. The summed E-state index contributed by atoms with van der Waals surface area (Å²) in [5.41, 5.74) is 2.09. The summed E-state index contributed by atoms with van der Waals surface area (Å²) >= 11 is 0. The van der Waals surface area contributed by atoms with Gasteiger partial charge < -0.3 is 14.4 Å². The van der Waals surface area contributed by atoms with E-state index in [2.05, 4.69) is 16.9 Å². The maximum Gasteiger partial charge on any atom is 0.253 e. The Bertz CT molecular complexity index is 745. The molecule has 0 bridgehead atoms. The molecule has 1 aromatic heterocycles. The first kappa shape index (κ1) is 18.3. The van der Waals surface area contributed by atoms with Crippen molar-refractivity contribution in [2.45, 2.75) is 32.3 Å². The Kier molecular flexibility index (Phi) is 6.17. The lowest BCUT2D eigenvalue weighted by molar-refractivity contribution is 0.0526. The van der Waals surface area contributed by atoms with Crippen molar-refractivity contribution in [3.05, 3.63) is 42.2 Å². The third-order valence-electron chi connectivity index (χ3n) is 4.47. The van der Waals surface area contributed by atoms with Crippen LogP contribution in [0.4, 0.5) is 0 Å². The lowest BCUT2D eigenvalue weighted by Crippen LogP contribution is -2.37. The molecular formula is C20H25N3O3. The number of methoxy groups -OCH3 is 1. The first-order valence-electron chi connectivity index (χ1n) is 9.09. The summed E-state index contributed by atoms with van der Waals surface area (Å²) in [6, 6.07) is 7.47. The van der Waals surface area contributed by atoms with Crippen molar-refractivity contribution in [1.29, 1.82) is 0 Å². The van der Waals surface area contributed by atoms with Crippen molar-refractivity contribution in [3.63, 3.8) is 0 Å². The lowest BCUT2D eigenvalue weighted by Gasteiger charge is -2.25. The zero-order valence-electron chi connectivity index (χ0n) is 15.4. The van der Waals surface area contributed by atoms with Gasteiger partial charge in [-0.3, -0.25) is 4.79 Å². The Morgan fingerprint density at radius 3 is 2.92 bits per heavy atom. The van der Waals surface area contributed by atoms with Gasteiger partial charge in [0.05, 0.1) is 13.2 Å². The second-order valence-corrected chi connectivity index (χ2v) is 6.38. The second kappa shape index (κ2) is 8.76. The number of amides is 1. The van der Waals surface area contributed by atoms with E-state index in [0.29, 0.717) is 23.7 Å². The van der Waals surface area contributed by atoms with Gasteiger partial charge in [0.2, 0.25) is 5.88 Å². The van der Waals surface area contributed by atoms with E-state index in [4.69, 9.17) is 9.47 Å². The highest BCUT2D eigenvalue weighted by Crippen LogP contribution is 2.26. The number of benzene rings is 1. The van der Waals surface area contributed by atoms with Crippen LogP contribution < -0.4 is 4.74 Å². The SMILES string of the molecule is CCCN(C[C@@H]1CCCO1)C(=O)c1cccc(-c2nccnc2OC)c1. The van der Waals surface area contributed by atoms with Crippen molar-refractivity contribution in [3.8, 4) is 17.1 Å². The van der Waals surface area contributed by atoms with Gasteiger partial charge in [-0.25, -0.2) is 9.97 Å². The maximum atomic E-state index is 13.1. The smallest absolute Gasteiger partial charge is 0.253 e. The minimum absolute atomic E-state index is 0.0204. The molecular weight excluding hydrogens is 330 g/mol. The van der Waals surface area contributed by atoms with E-state index in [0.717, 1.165) is 38.0 Å². The maximum absolute atomic E-state index is 13.1. The zero-order valence-corrected chi connectivity index (χ0v) is 15.4. The summed E-state index contributed by atoms with van der Waals surface area (Å²) < 4.78 is 11.0. The molecule has 2 aromatic rings. The average molecular weight is 355 g/mol. The lowest BCUT2D eigenvalue weighted by atomic mass is 10.1. The summed E-state index contributed by atoms with van der Waals surface area (Å²) in [7, 11) is 1.56. The van der Waals surface area contributed by atoms with Crippen LogP contribution in [0.2, 0.25) is 0 Å². The topological polar surface area (TPSA) is 64.5 Å². The Balaban J connectivity index is 1.84. The summed E-state index contributed by atoms with van der Waals surface area (Å²) in [5, 5.41) is 0. The van der Waals surface area contributed by atoms with Crippen LogP contribution >= 0.6 is 0 Å². The molecule has 138 valence electrons. The molecule has 0 saturated carbocycles. The minimum atomic E-state index is 0.0204. The van der Waals surface area contributed by atoms with E-state index in [1.54, 1.807) is 19.5 Å². The molecule has 1 aliphatic rings. The third-order valence-corrected chi connectivity index (χ3v) is 4.47. The Hall–Kier alpha value is -2.47. The van der Waals surface area contributed by atoms with Crippen molar-refractivity contribution in [1.82, 2.24) is 14.9 Å². The molecule has 0 spiro atoms. The summed E-state index contributed by atoms with van der Waals surface area (Å²) in [6.07, 6.45) is 6.35. The number of aromatic nitrogens is 2. The third kappa shape index (κ3) is 4.19. The van der Waals surface area contributed by atoms with Gasteiger partial charge in [0.15, 0.2) is 0 Å². The number of nitrogens with zero attached hydrogens (tertiary/aromatic N) is 3. The number of carbonyl (C=O) groups excluding carboxylic acids is 1. The first-order chi connectivity index (χ1) is 12.7. The van der Waals surface area contributed by atoms with Gasteiger partial charge in [-0.2, -0.15) is 0 Å². The zero-order chi connectivity index (χ0) is 18.4. The summed E-state index contributed by atoms with van der Waals surface area (Å²) in [6.45, 7) is 4.24. The highest BCUT2D eigenvalue weighted by atomic mass is 16.5. The molecule has 6 heteroatoms. The molecule has 0 N–H and O–H groups in total. The van der Waals surface area contributed by atoms with E-state index in [1.165, 1.54) is 0 Å². The molecule has 1 aliphatic heterocycles. The fourth-order valence-electron chi connectivity index (χ4n) is 3.23. The molecule has 1 saturated heterocycles. The van der Waals surface area contributed by atoms with Crippen LogP contribution in [-0.2, 0) is 4.74 Å². The second-order valence-electron chi connectivity index (χ2n) is 6.38. The van der Waals surface area contributed by atoms with Crippen molar-refractivity contribution in [2.75, 3.05) is 26.8 Å². The number of hydrogen-bond donors (Lipinski definition) is 0. The molecule has 6 nitrogen and oxygen atoms in total. The van der Waals surface area contributed by atoms with Gasteiger partial charge in [0.25, 0.3) is 5.91 Å². The number of hydrogen-bond acceptors (Lipinski definition) is 5. The first-order valence-corrected chi connectivity index (χ1v) is 9.09. The average Bonchev–Trinajstić information content (AvgIpc) is 3.20. The molecule has 1 amide bonds. The van der Waals surface area contributed by atoms with Gasteiger partial charge in [-0.15, -0.1) is 0 Å². The predicted molar refractivity (Wildman–Crippen MR) is 99.2 cm³/mol. The van der Waals surface area contributed by atoms with Crippen LogP contribution in [0.3, 0.4) is 0 Å². The monoisotopic (exact) mass is 355 g/mol. The highest BCUT2D eigenvalue weighted by molar-refractivity contribution is 5.95. The van der Waals surface area contributed by atoms with Crippen molar-refractivity contribution in [2.24, 2.45) is 0 Å². The molecule has 2 heterocycles. The Morgan fingerprint density at radius 1 is 1.35 bits per heavy atom. The van der Waals surface area contributed by atoms with Gasteiger partial charge in [0, 0.05) is 43.2 Å². The molecule has 0 aliphatic carbocycles. The van der Waals surface area contributed by atoms with Crippen LogP contribution in [0.15, 0.2) is 36.7 Å². The van der Waals surface area contributed by atoms with Gasteiger partial charge >= 0.3 is 0 Å². The normalized spacial score (nSPS) is 16.5. The van der Waals surface area contributed by atoms with Crippen LogP contribution in [0.25, 0.3) is 11.3 Å². The van der Waals surface area contributed by atoms with Gasteiger partial charge in [0.1, 0.15) is 5.69 Å². The van der Waals surface area contributed by atoms with Crippen LogP contribution in [-0.4, -0.2) is 53.7 Å². The molecule has 26 heavy (non-hydrogen) atoms. The largest absolute Gasteiger partial charge is 0.479 e. The number of rotatable bonds is 7. The van der Waals surface area contributed by atoms with Crippen molar-refractivity contribution >= 4 is 5.91 Å². The van der Waals surface area contributed by atoms with E-state index < -0.39 is 0 Å². The molecule has 1 fully saturated rings. The van der Waals surface area contributed by atoms with Crippen LogP contribution in [0.5, 0.6) is 5.88 Å². The van der Waals surface area contributed by atoms with E-state index in [9.17, 15) is 4.79 Å².